The predicted octanol–water partition coefficient (Wildman–Crippen LogP) is 3.86. The average molecular weight is 539 g/mol. The number of phenolic OH excluding ortho intramolecular Hbond substituents is 1. The number of aromatic nitrogens is 1. The molecule has 7 nitrogen and oxygen atoms in total. The Morgan fingerprint density at radius 3 is 2.62 bits per heavy atom. The summed E-state index contributed by atoms with van der Waals surface area (Å²) in [7, 11) is 0. The van der Waals surface area contributed by atoms with E-state index in [1.807, 2.05) is 6.07 Å². The van der Waals surface area contributed by atoms with Crippen molar-refractivity contribution in [1.82, 2.24) is 10.3 Å². The number of ether oxygens (including phenoxy) is 1. The lowest BCUT2D eigenvalue weighted by Gasteiger charge is -2.66. The van der Waals surface area contributed by atoms with E-state index in [1.54, 1.807) is 30.6 Å². The molecule has 1 aromatic heterocycles. The molecule has 8 rings (SSSR count). The molecule has 206 valence electrons. The van der Waals surface area contributed by atoms with Crippen molar-refractivity contribution in [2.75, 3.05) is 13.1 Å². The predicted molar refractivity (Wildman–Crippen MR) is 149 cm³/mol. The van der Waals surface area contributed by atoms with Gasteiger partial charge >= 0.3 is 0 Å². The summed E-state index contributed by atoms with van der Waals surface area (Å²) in [5.41, 5.74) is 2.37. The molecule has 3 heterocycles. The van der Waals surface area contributed by atoms with Crippen molar-refractivity contribution < 1.29 is 24.2 Å². The van der Waals surface area contributed by atoms with Crippen LogP contribution in [0.15, 0.2) is 67.0 Å². The zero-order valence-electron chi connectivity index (χ0n) is 22.6. The van der Waals surface area contributed by atoms with E-state index in [9.17, 15) is 15.0 Å². The topological polar surface area (TPSA) is 91.7 Å². The van der Waals surface area contributed by atoms with E-state index in [1.165, 1.54) is 24.0 Å². The lowest BCUT2D eigenvalue weighted by atomic mass is 9.47. The summed E-state index contributed by atoms with van der Waals surface area (Å²) in [6.45, 7) is 2.94. The fourth-order valence-electron chi connectivity index (χ4n) is 9.06. The molecular weight excluding hydrogens is 502 g/mol. The van der Waals surface area contributed by atoms with E-state index < -0.39 is 17.1 Å². The fraction of sp³-hybridized carbons (Fsp3) is 0.455. The van der Waals surface area contributed by atoms with Gasteiger partial charge in [0, 0.05) is 47.8 Å². The van der Waals surface area contributed by atoms with Gasteiger partial charge in [0.05, 0.1) is 24.5 Å². The largest absolute Gasteiger partial charge is 0.504 e. The van der Waals surface area contributed by atoms with Gasteiger partial charge in [-0.05, 0) is 49.4 Å². The first-order valence-corrected chi connectivity index (χ1v) is 14.8. The number of aromatic hydroxyl groups is 1. The molecule has 5 aliphatic rings. The Hall–Kier alpha value is -3.42. The Morgan fingerprint density at radius 1 is 1.05 bits per heavy atom. The SMILES string of the molecule is O=C(N[C@@H]1CC[C@@]2(O)[C@H]3Cc4ccc(O)c5c4[C@@]2(CC[N@+]3(Cc2ccccc2)CC2CC2)[C@H]1O5)c1ccncc1. The van der Waals surface area contributed by atoms with E-state index in [0.717, 1.165) is 42.5 Å². The third-order valence-corrected chi connectivity index (χ3v) is 10.9. The molecule has 1 spiro atoms. The number of quaternary nitrogens is 1. The molecule has 2 aliphatic heterocycles. The first-order valence-electron chi connectivity index (χ1n) is 14.8. The van der Waals surface area contributed by atoms with E-state index in [0.29, 0.717) is 30.1 Å². The van der Waals surface area contributed by atoms with Crippen molar-refractivity contribution in [2.45, 2.75) is 74.3 Å². The maximum absolute atomic E-state index is 13.3. The highest BCUT2D eigenvalue weighted by Crippen LogP contribution is 2.67. The standard InChI is InChI=1S/C33H35N3O4/c37-26-9-8-24-18-27-33(39)13-10-25(35-31(38)23-11-15-34-16-12-23)30-32(33,28(24)29(26)40-30)14-17-36(27,20-22-6-7-22)19-21-4-2-1-3-5-21/h1-5,8-9,11-12,15-16,22,25,27,30,39H,6-7,10,13-14,17-20H2,(H-,35,37,38)/p+1/t25-,27-,30+,32+,33-,36+/m1/s1. The zero-order chi connectivity index (χ0) is 27.1. The smallest absolute Gasteiger partial charge is 0.251 e. The summed E-state index contributed by atoms with van der Waals surface area (Å²) >= 11 is 0. The average Bonchev–Trinajstić information content (AvgIpc) is 3.70. The van der Waals surface area contributed by atoms with Gasteiger partial charge in [-0.1, -0.05) is 36.4 Å². The minimum absolute atomic E-state index is 0.0213. The highest BCUT2D eigenvalue weighted by molar-refractivity contribution is 5.94. The maximum atomic E-state index is 13.3. The number of carbonyl (C=O) groups excluding carboxylic acids is 1. The molecule has 3 N–H and O–H groups in total. The molecule has 0 unspecified atom stereocenters. The minimum atomic E-state index is -0.997. The molecule has 1 saturated heterocycles. The van der Waals surface area contributed by atoms with Gasteiger partial charge in [-0.25, -0.2) is 0 Å². The van der Waals surface area contributed by atoms with Crippen molar-refractivity contribution >= 4 is 5.91 Å². The number of likely N-dealkylation sites (tertiary alicyclic amines) is 1. The Kier molecular flexibility index (Phi) is 5.21. The second-order valence-electron chi connectivity index (χ2n) is 12.9. The second-order valence-corrected chi connectivity index (χ2v) is 12.9. The number of carbonyl (C=O) groups is 1. The first kappa shape index (κ1) is 24.4. The van der Waals surface area contributed by atoms with Crippen LogP contribution in [0.1, 0.15) is 59.2 Å². The highest BCUT2D eigenvalue weighted by atomic mass is 16.5. The van der Waals surface area contributed by atoms with Crippen molar-refractivity contribution in [3.05, 3.63) is 89.2 Å². The quantitative estimate of drug-likeness (QED) is 0.415. The summed E-state index contributed by atoms with van der Waals surface area (Å²) in [5, 5.41) is 27.3. The molecule has 2 saturated carbocycles. The monoisotopic (exact) mass is 538 g/mol. The lowest BCUT2D eigenvalue weighted by molar-refractivity contribution is -0.979. The molecule has 3 aliphatic carbocycles. The van der Waals surface area contributed by atoms with Gasteiger partial charge in [0.1, 0.15) is 24.3 Å². The van der Waals surface area contributed by atoms with Crippen LogP contribution in [0.4, 0.5) is 0 Å². The van der Waals surface area contributed by atoms with E-state index >= 15 is 0 Å². The molecular formula is C33H36N3O4+. The number of aliphatic hydroxyl groups is 1. The number of phenols is 1. The van der Waals surface area contributed by atoms with E-state index in [4.69, 9.17) is 4.74 Å². The summed E-state index contributed by atoms with van der Waals surface area (Å²) in [5.74, 6) is 1.18. The van der Waals surface area contributed by atoms with Crippen LogP contribution < -0.4 is 10.1 Å². The number of benzene rings is 2. The lowest BCUT2D eigenvalue weighted by Crippen LogP contribution is -2.82. The third-order valence-electron chi connectivity index (χ3n) is 10.9. The maximum Gasteiger partial charge on any atom is 0.251 e. The molecule has 7 heteroatoms. The number of nitrogens with one attached hydrogen (secondary N) is 1. The number of hydrogen-bond acceptors (Lipinski definition) is 5. The molecule has 3 fully saturated rings. The number of amides is 1. The number of piperidine rings is 1. The fourth-order valence-corrected chi connectivity index (χ4v) is 9.06. The van der Waals surface area contributed by atoms with Crippen LogP contribution in [0.2, 0.25) is 0 Å². The van der Waals surface area contributed by atoms with Crippen molar-refractivity contribution in [3.8, 4) is 11.5 Å². The summed E-state index contributed by atoms with van der Waals surface area (Å²) in [6, 6.07) is 17.7. The van der Waals surface area contributed by atoms with Gasteiger partial charge in [-0.15, -0.1) is 0 Å². The molecule has 3 aromatic rings. The van der Waals surface area contributed by atoms with Gasteiger partial charge in [-0.3, -0.25) is 9.78 Å². The van der Waals surface area contributed by atoms with Gasteiger partial charge in [-0.2, -0.15) is 0 Å². The molecule has 40 heavy (non-hydrogen) atoms. The zero-order valence-corrected chi connectivity index (χ0v) is 22.6. The van der Waals surface area contributed by atoms with E-state index in [2.05, 4.69) is 40.6 Å². The molecule has 0 radical (unpaired) electrons. The number of pyridine rings is 1. The third kappa shape index (κ3) is 3.31. The van der Waals surface area contributed by atoms with E-state index in [-0.39, 0.29) is 23.7 Å². The summed E-state index contributed by atoms with van der Waals surface area (Å²) in [4.78, 5) is 17.3. The van der Waals surface area contributed by atoms with Crippen LogP contribution in [-0.2, 0) is 18.4 Å². The van der Waals surface area contributed by atoms with Crippen molar-refractivity contribution in [1.29, 1.82) is 0 Å². The Labute approximate surface area is 234 Å². The normalized spacial score (nSPS) is 35.0. The Balaban J connectivity index is 1.24. The Morgan fingerprint density at radius 2 is 1.85 bits per heavy atom. The molecule has 2 aromatic carbocycles. The van der Waals surface area contributed by atoms with Crippen LogP contribution in [0.5, 0.6) is 11.5 Å². The first-order chi connectivity index (χ1) is 19.4. The van der Waals surface area contributed by atoms with Gasteiger partial charge in [0.2, 0.25) is 0 Å². The number of hydrogen-bond donors (Lipinski definition) is 3. The van der Waals surface area contributed by atoms with Crippen molar-refractivity contribution in [3.63, 3.8) is 0 Å². The van der Waals surface area contributed by atoms with Crippen LogP contribution in [0.25, 0.3) is 0 Å². The van der Waals surface area contributed by atoms with Gasteiger partial charge < -0.3 is 24.7 Å². The summed E-state index contributed by atoms with van der Waals surface area (Å²) < 4.78 is 7.55. The van der Waals surface area contributed by atoms with Gasteiger partial charge in [0.25, 0.3) is 5.91 Å². The minimum Gasteiger partial charge on any atom is -0.504 e. The van der Waals surface area contributed by atoms with Crippen LogP contribution in [0.3, 0.4) is 0 Å². The highest BCUT2D eigenvalue weighted by Gasteiger charge is 2.77. The van der Waals surface area contributed by atoms with Crippen LogP contribution >= 0.6 is 0 Å². The Bertz CT molecular complexity index is 1480. The molecule has 1 amide bonds. The number of nitrogens with zero attached hydrogens (tertiary/aromatic N) is 2. The number of rotatable bonds is 6. The molecule has 2 bridgehead atoms. The second kappa shape index (κ2) is 8.54. The van der Waals surface area contributed by atoms with Crippen LogP contribution in [-0.4, -0.2) is 62.5 Å². The van der Waals surface area contributed by atoms with Gasteiger partial charge in [0.15, 0.2) is 11.5 Å². The van der Waals surface area contributed by atoms with Crippen molar-refractivity contribution in [2.24, 2.45) is 5.92 Å². The van der Waals surface area contributed by atoms with Crippen LogP contribution in [0, 0.1) is 5.92 Å². The molecule has 6 atom stereocenters. The summed E-state index contributed by atoms with van der Waals surface area (Å²) in [6.07, 6.45) is 8.08.